The van der Waals surface area contributed by atoms with Gasteiger partial charge in [0.25, 0.3) is 0 Å². The third-order valence-electron chi connectivity index (χ3n) is 3.42. The predicted molar refractivity (Wildman–Crippen MR) is 81.1 cm³/mol. The van der Waals surface area contributed by atoms with Crippen LogP contribution in [0.15, 0.2) is 49.1 Å². The third kappa shape index (κ3) is 1.88. The molecular formula is C15H12N6. The van der Waals surface area contributed by atoms with Gasteiger partial charge in [0.1, 0.15) is 0 Å². The van der Waals surface area contributed by atoms with E-state index in [-0.39, 0.29) is 0 Å². The molecule has 0 saturated carbocycles. The number of benzene rings is 1. The fraction of sp³-hybridized carbons (Fsp3) is 0.0667. The second-order valence-electron chi connectivity index (χ2n) is 4.65. The topological polar surface area (TPSA) is 68.0 Å². The van der Waals surface area contributed by atoms with Gasteiger partial charge in [-0.15, -0.1) is 5.10 Å². The van der Waals surface area contributed by atoms with Crippen molar-refractivity contribution < 1.29 is 0 Å². The molecule has 0 bridgehead atoms. The van der Waals surface area contributed by atoms with E-state index in [1.54, 1.807) is 19.4 Å². The number of hydrogen-bond donors (Lipinski definition) is 1. The first-order chi connectivity index (χ1) is 10.3. The summed E-state index contributed by atoms with van der Waals surface area (Å²) >= 11 is 0. The minimum Gasteiger partial charge on any atom is -0.356 e. The van der Waals surface area contributed by atoms with Crippen molar-refractivity contribution in [1.29, 1.82) is 0 Å². The van der Waals surface area contributed by atoms with Crippen molar-refractivity contribution in [2.75, 3.05) is 12.4 Å². The predicted octanol–water partition coefficient (Wildman–Crippen LogP) is 2.38. The molecule has 0 atom stereocenters. The van der Waals surface area contributed by atoms with E-state index in [2.05, 4.69) is 25.4 Å². The van der Waals surface area contributed by atoms with Crippen LogP contribution in [0.4, 0.5) is 5.95 Å². The molecule has 0 fully saturated rings. The maximum Gasteiger partial charge on any atom is 0.240 e. The summed E-state index contributed by atoms with van der Waals surface area (Å²) in [5.41, 5.74) is 4.87. The summed E-state index contributed by atoms with van der Waals surface area (Å²) in [6, 6.07) is 8.08. The molecule has 6 heteroatoms. The van der Waals surface area contributed by atoms with Gasteiger partial charge < -0.3 is 5.32 Å². The maximum atomic E-state index is 4.37. The summed E-state index contributed by atoms with van der Waals surface area (Å²) in [5.74, 6) is 0.592. The Morgan fingerprint density at radius 2 is 1.86 bits per heavy atom. The molecule has 21 heavy (non-hydrogen) atoms. The summed E-state index contributed by atoms with van der Waals surface area (Å²) in [7, 11) is 1.80. The maximum absolute atomic E-state index is 4.37. The molecule has 0 radical (unpaired) electrons. The fourth-order valence-corrected chi connectivity index (χ4v) is 2.39. The Hall–Kier alpha value is -3.02. The molecule has 3 aromatic heterocycles. The Balaban J connectivity index is 1.91. The monoisotopic (exact) mass is 276 g/mol. The molecule has 0 aliphatic rings. The van der Waals surface area contributed by atoms with Gasteiger partial charge in [0.2, 0.25) is 5.95 Å². The quantitative estimate of drug-likeness (QED) is 0.609. The van der Waals surface area contributed by atoms with Crippen LogP contribution in [0.5, 0.6) is 0 Å². The number of nitrogens with zero attached hydrogens (tertiary/aromatic N) is 5. The lowest BCUT2D eigenvalue weighted by Crippen LogP contribution is -2.00. The Morgan fingerprint density at radius 3 is 2.71 bits per heavy atom. The summed E-state index contributed by atoms with van der Waals surface area (Å²) in [4.78, 5) is 12.9. The Kier molecular flexibility index (Phi) is 2.53. The summed E-state index contributed by atoms with van der Waals surface area (Å²) in [6.07, 6.45) is 7.14. The molecule has 0 spiro atoms. The summed E-state index contributed by atoms with van der Waals surface area (Å²) < 4.78 is 1.81. The van der Waals surface area contributed by atoms with Crippen molar-refractivity contribution in [2.24, 2.45) is 0 Å². The molecule has 4 rings (SSSR count). The number of fused-ring (bicyclic) bond motifs is 2. The van der Waals surface area contributed by atoms with E-state index in [1.165, 1.54) is 0 Å². The van der Waals surface area contributed by atoms with Gasteiger partial charge in [-0.3, -0.25) is 9.97 Å². The Labute approximate surface area is 120 Å². The van der Waals surface area contributed by atoms with Crippen molar-refractivity contribution in [1.82, 2.24) is 24.6 Å². The lowest BCUT2D eigenvalue weighted by atomic mass is 10.1. The van der Waals surface area contributed by atoms with Gasteiger partial charge in [-0.2, -0.15) is 0 Å². The molecule has 0 saturated heterocycles. The van der Waals surface area contributed by atoms with E-state index in [9.17, 15) is 0 Å². The van der Waals surface area contributed by atoms with Gasteiger partial charge in [0.15, 0.2) is 0 Å². The summed E-state index contributed by atoms with van der Waals surface area (Å²) in [5, 5.41) is 7.30. The van der Waals surface area contributed by atoms with Crippen LogP contribution in [0.3, 0.4) is 0 Å². The van der Waals surface area contributed by atoms with Crippen molar-refractivity contribution >= 4 is 22.5 Å². The fourth-order valence-electron chi connectivity index (χ4n) is 2.39. The smallest absolute Gasteiger partial charge is 0.240 e. The Bertz CT molecular complexity index is 943. The van der Waals surface area contributed by atoms with Crippen LogP contribution in [0.25, 0.3) is 27.7 Å². The first-order valence-corrected chi connectivity index (χ1v) is 6.58. The van der Waals surface area contributed by atoms with Crippen LogP contribution in [0.1, 0.15) is 0 Å². The molecule has 4 aromatic rings. The summed E-state index contributed by atoms with van der Waals surface area (Å²) in [6.45, 7) is 0. The van der Waals surface area contributed by atoms with E-state index >= 15 is 0 Å². The molecule has 1 aromatic carbocycles. The first-order valence-electron chi connectivity index (χ1n) is 6.58. The zero-order valence-electron chi connectivity index (χ0n) is 11.4. The zero-order chi connectivity index (χ0) is 14.2. The molecule has 0 aliphatic carbocycles. The molecule has 102 valence electrons. The minimum absolute atomic E-state index is 0.592. The van der Waals surface area contributed by atoms with Gasteiger partial charge in [-0.25, -0.2) is 9.50 Å². The Morgan fingerprint density at radius 1 is 1.00 bits per heavy atom. The highest BCUT2D eigenvalue weighted by molar-refractivity contribution is 5.86. The second-order valence-corrected chi connectivity index (χ2v) is 4.65. The van der Waals surface area contributed by atoms with Crippen LogP contribution in [-0.2, 0) is 0 Å². The minimum atomic E-state index is 0.592. The van der Waals surface area contributed by atoms with Crippen molar-refractivity contribution in [3.05, 3.63) is 49.1 Å². The van der Waals surface area contributed by atoms with Crippen molar-refractivity contribution in [2.45, 2.75) is 0 Å². The molecule has 0 aliphatic heterocycles. The average Bonchev–Trinajstić information content (AvgIpc) is 2.97. The normalized spacial score (nSPS) is 11.1. The largest absolute Gasteiger partial charge is 0.356 e. The van der Waals surface area contributed by atoms with Gasteiger partial charge in [0, 0.05) is 31.2 Å². The van der Waals surface area contributed by atoms with Gasteiger partial charge in [0.05, 0.1) is 22.7 Å². The van der Waals surface area contributed by atoms with Crippen LogP contribution in [0.2, 0.25) is 0 Å². The third-order valence-corrected chi connectivity index (χ3v) is 3.42. The molecule has 0 amide bonds. The van der Waals surface area contributed by atoms with E-state index in [0.29, 0.717) is 5.95 Å². The molecule has 0 unspecified atom stereocenters. The van der Waals surface area contributed by atoms with E-state index in [4.69, 9.17) is 0 Å². The lowest BCUT2D eigenvalue weighted by molar-refractivity contribution is 0.909. The van der Waals surface area contributed by atoms with Crippen LogP contribution in [0, 0.1) is 0 Å². The van der Waals surface area contributed by atoms with Crippen LogP contribution < -0.4 is 5.32 Å². The first kappa shape index (κ1) is 11.8. The molecular weight excluding hydrogens is 264 g/mol. The van der Waals surface area contributed by atoms with Gasteiger partial charge >= 0.3 is 0 Å². The van der Waals surface area contributed by atoms with Gasteiger partial charge in [-0.05, 0) is 23.8 Å². The molecule has 1 N–H and O–H groups in total. The standard InChI is InChI=1S/C15H12N6/c1-16-15-19-9-14-11(4-7-21(14)20-15)10-2-3-12-13(8-10)18-6-5-17-12/h2-9H,1H3,(H,16,20). The number of hydrogen-bond acceptors (Lipinski definition) is 5. The van der Waals surface area contributed by atoms with Crippen molar-refractivity contribution in [3.8, 4) is 11.1 Å². The highest BCUT2D eigenvalue weighted by Crippen LogP contribution is 2.27. The zero-order valence-corrected chi connectivity index (χ0v) is 11.4. The SMILES string of the molecule is CNc1ncc2c(-c3ccc4nccnc4c3)ccn2n1. The molecule has 3 heterocycles. The number of rotatable bonds is 2. The molecule has 6 nitrogen and oxygen atoms in total. The van der Waals surface area contributed by atoms with Crippen LogP contribution >= 0.6 is 0 Å². The van der Waals surface area contributed by atoms with Crippen LogP contribution in [-0.4, -0.2) is 31.6 Å². The highest BCUT2D eigenvalue weighted by Gasteiger charge is 2.08. The number of aromatic nitrogens is 5. The van der Waals surface area contributed by atoms with Crippen molar-refractivity contribution in [3.63, 3.8) is 0 Å². The second kappa shape index (κ2) is 4.52. The van der Waals surface area contributed by atoms with E-state index in [1.807, 2.05) is 41.2 Å². The number of anilines is 1. The van der Waals surface area contributed by atoms with E-state index in [0.717, 1.165) is 27.7 Å². The van der Waals surface area contributed by atoms with Gasteiger partial charge in [-0.1, -0.05) is 6.07 Å². The number of nitrogens with one attached hydrogen (secondary N) is 1. The highest BCUT2D eigenvalue weighted by atomic mass is 15.3. The van der Waals surface area contributed by atoms with E-state index < -0.39 is 0 Å². The average molecular weight is 276 g/mol. The lowest BCUT2D eigenvalue weighted by Gasteiger charge is -2.03.